The number of rotatable bonds is 6. The van der Waals surface area contributed by atoms with E-state index in [1.165, 1.54) is 0 Å². The molecule has 0 fully saturated rings. The Kier molecular flexibility index (Phi) is 5.38. The van der Waals surface area contributed by atoms with Crippen LogP contribution in [0.2, 0.25) is 0 Å². The van der Waals surface area contributed by atoms with E-state index in [4.69, 9.17) is 12.2 Å². The van der Waals surface area contributed by atoms with Crippen molar-refractivity contribution in [3.8, 4) is 0 Å². The van der Waals surface area contributed by atoms with Gasteiger partial charge >= 0.3 is 0 Å². The van der Waals surface area contributed by atoms with E-state index < -0.39 is 0 Å². The zero-order valence-electron chi connectivity index (χ0n) is 11.9. The van der Waals surface area contributed by atoms with Crippen LogP contribution in [0, 0.1) is 10.6 Å². The molecule has 0 amide bonds. The number of benzene rings is 1. The Balaban J connectivity index is 2.52. The number of halogens is 2. The number of fused-ring (bicyclic) bond motifs is 1. The maximum Gasteiger partial charge on any atom is 0.178 e. The summed E-state index contributed by atoms with van der Waals surface area (Å²) in [6.07, 6.45) is 5.58. The second-order valence-electron chi connectivity index (χ2n) is 5.17. The molecule has 2 rings (SSSR count). The summed E-state index contributed by atoms with van der Waals surface area (Å²) in [5.74, 6) is -0.244. The van der Waals surface area contributed by atoms with Crippen LogP contribution in [0.15, 0.2) is 16.6 Å². The van der Waals surface area contributed by atoms with Crippen LogP contribution < -0.4 is 0 Å². The van der Waals surface area contributed by atoms with Crippen molar-refractivity contribution in [2.24, 2.45) is 0 Å². The van der Waals surface area contributed by atoms with Crippen LogP contribution in [0.5, 0.6) is 0 Å². The summed E-state index contributed by atoms with van der Waals surface area (Å²) in [5.41, 5.74) is 1.76. The number of nitrogens with zero attached hydrogens (tertiary/aromatic N) is 1. The smallest absolute Gasteiger partial charge is 0.178 e. The second kappa shape index (κ2) is 6.85. The minimum absolute atomic E-state index is 0.244. The Bertz CT molecular complexity index is 647. The van der Waals surface area contributed by atoms with E-state index in [1.807, 2.05) is 0 Å². The zero-order valence-corrected chi connectivity index (χ0v) is 14.3. The van der Waals surface area contributed by atoms with Crippen LogP contribution in [0.25, 0.3) is 11.0 Å². The van der Waals surface area contributed by atoms with E-state index in [0.717, 1.165) is 43.1 Å². The van der Waals surface area contributed by atoms with Gasteiger partial charge in [0.15, 0.2) is 4.77 Å². The molecule has 0 bridgehead atoms. The molecule has 1 heterocycles. The molecule has 1 aromatic heterocycles. The molecular formula is C15H20BrFN2S. The van der Waals surface area contributed by atoms with Crippen LogP contribution in [-0.4, -0.2) is 9.55 Å². The van der Waals surface area contributed by atoms with Gasteiger partial charge in [-0.15, -0.1) is 0 Å². The first kappa shape index (κ1) is 15.7. The number of H-pyrrole nitrogens is 1. The van der Waals surface area contributed by atoms with Crippen molar-refractivity contribution in [1.29, 1.82) is 0 Å². The quantitative estimate of drug-likeness (QED) is 0.615. The average Bonchev–Trinajstić information content (AvgIpc) is 2.71. The molecule has 2 aromatic rings. The molecule has 0 aliphatic rings. The van der Waals surface area contributed by atoms with Crippen LogP contribution in [0.3, 0.4) is 0 Å². The van der Waals surface area contributed by atoms with Gasteiger partial charge in [0.1, 0.15) is 5.82 Å². The summed E-state index contributed by atoms with van der Waals surface area (Å²) in [5, 5.41) is 0. The monoisotopic (exact) mass is 358 g/mol. The van der Waals surface area contributed by atoms with Crippen LogP contribution in [0.4, 0.5) is 4.39 Å². The minimum Gasteiger partial charge on any atom is -0.331 e. The predicted molar refractivity (Wildman–Crippen MR) is 88.3 cm³/mol. The van der Waals surface area contributed by atoms with E-state index in [0.29, 0.717) is 15.3 Å². The van der Waals surface area contributed by atoms with Crippen molar-refractivity contribution >= 4 is 39.2 Å². The van der Waals surface area contributed by atoms with Gasteiger partial charge < -0.3 is 9.55 Å². The third kappa shape index (κ3) is 3.14. The van der Waals surface area contributed by atoms with E-state index in [9.17, 15) is 4.39 Å². The van der Waals surface area contributed by atoms with Crippen molar-refractivity contribution < 1.29 is 4.39 Å². The molecular weight excluding hydrogens is 339 g/mol. The number of aromatic nitrogens is 2. The molecule has 1 atom stereocenters. The summed E-state index contributed by atoms with van der Waals surface area (Å²) < 4.78 is 17.1. The molecule has 0 spiro atoms. The number of hydrogen-bond donors (Lipinski definition) is 1. The van der Waals surface area contributed by atoms with E-state index >= 15 is 0 Å². The SMILES string of the molecule is CCCCC(CCC)n1c(=S)[nH]c2cc(Br)c(F)cc21. The van der Waals surface area contributed by atoms with Crippen molar-refractivity contribution in [1.82, 2.24) is 9.55 Å². The fraction of sp³-hybridized carbons (Fsp3) is 0.533. The van der Waals surface area contributed by atoms with Crippen LogP contribution in [-0.2, 0) is 0 Å². The van der Waals surface area contributed by atoms with Crippen LogP contribution in [0.1, 0.15) is 52.0 Å². The highest BCUT2D eigenvalue weighted by Gasteiger charge is 2.16. The Labute approximate surface area is 132 Å². The van der Waals surface area contributed by atoms with Gasteiger partial charge in [0.25, 0.3) is 0 Å². The highest BCUT2D eigenvalue weighted by molar-refractivity contribution is 9.10. The number of unbranched alkanes of at least 4 members (excludes halogenated alkanes) is 1. The van der Waals surface area contributed by atoms with Gasteiger partial charge in [0.05, 0.1) is 15.5 Å². The lowest BCUT2D eigenvalue weighted by Gasteiger charge is -2.19. The molecule has 2 nitrogen and oxygen atoms in total. The predicted octanol–water partition coefficient (Wildman–Crippen LogP) is 6.13. The average molecular weight is 359 g/mol. The fourth-order valence-corrected chi connectivity index (χ4v) is 3.36. The molecule has 1 aromatic carbocycles. The molecule has 20 heavy (non-hydrogen) atoms. The molecule has 0 radical (unpaired) electrons. The Morgan fingerprint density at radius 3 is 2.70 bits per heavy atom. The number of nitrogens with one attached hydrogen (secondary N) is 1. The summed E-state index contributed by atoms with van der Waals surface area (Å²) in [7, 11) is 0. The number of imidazole rings is 1. The normalized spacial score (nSPS) is 13.0. The highest BCUT2D eigenvalue weighted by atomic mass is 79.9. The van der Waals surface area contributed by atoms with Crippen molar-refractivity contribution in [2.75, 3.05) is 0 Å². The Morgan fingerprint density at radius 1 is 1.30 bits per heavy atom. The molecule has 5 heteroatoms. The molecule has 1 unspecified atom stereocenters. The molecule has 0 saturated heterocycles. The third-order valence-electron chi connectivity index (χ3n) is 3.64. The van der Waals surface area contributed by atoms with E-state index in [2.05, 4.69) is 39.3 Å². The standard InChI is InChI=1S/C15H20BrFN2S/c1-3-5-7-10(6-4-2)19-14-9-12(17)11(16)8-13(14)18-15(19)20/h8-10H,3-7H2,1-2H3,(H,18,20). The molecule has 0 saturated carbocycles. The Morgan fingerprint density at radius 2 is 2.05 bits per heavy atom. The summed E-state index contributed by atoms with van der Waals surface area (Å²) >= 11 is 8.67. The maximum absolute atomic E-state index is 13.8. The Hall–Kier alpha value is -0.680. The lowest BCUT2D eigenvalue weighted by atomic mass is 10.0. The van der Waals surface area contributed by atoms with Crippen molar-refractivity contribution in [2.45, 2.75) is 52.0 Å². The minimum atomic E-state index is -0.244. The van der Waals surface area contributed by atoms with Crippen LogP contribution >= 0.6 is 28.1 Å². The van der Waals surface area contributed by atoms with Gasteiger partial charge in [-0.2, -0.15) is 0 Å². The number of aromatic amines is 1. The molecule has 110 valence electrons. The first-order valence-electron chi connectivity index (χ1n) is 7.17. The molecule has 0 aliphatic heterocycles. The van der Waals surface area contributed by atoms with Gasteiger partial charge in [-0.25, -0.2) is 4.39 Å². The molecule has 1 N–H and O–H groups in total. The fourth-order valence-electron chi connectivity index (χ4n) is 2.66. The summed E-state index contributed by atoms with van der Waals surface area (Å²) in [6.45, 7) is 4.36. The summed E-state index contributed by atoms with van der Waals surface area (Å²) in [6, 6.07) is 3.68. The van der Waals surface area contributed by atoms with Gasteiger partial charge in [-0.05, 0) is 47.1 Å². The second-order valence-corrected chi connectivity index (χ2v) is 6.41. The van der Waals surface area contributed by atoms with E-state index in [-0.39, 0.29) is 5.82 Å². The van der Waals surface area contributed by atoms with Gasteiger partial charge in [-0.3, -0.25) is 0 Å². The van der Waals surface area contributed by atoms with Crippen molar-refractivity contribution in [3.05, 3.63) is 27.2 Å². The van der Waals surface area contributed by atoms with E-state index in [1.54, 1.807) is 12.1 Å². The van der Waals surface area contributed by atoms with Gasteiger partial charge in [0.2, 0.25) is 0 Å². The third-order valence-corrected chi connectivity index (χ3v) is 4.54. The lowest BCUT2D eigenvalue weighted by Crippen LogP contribution is -2.09. The van der Waals surface area contributed by atoms with Gasteiger partial charge in [-0.1, -0.05) is 33.1 Å². The first-order valence-corrected chi connectivity index (χ1v) is 8.37. The zero-order chi connectivity index (χ0) is 14.7. The number of hydrogen-bond acceptors (Lipinski definition) is 1. The largest absolute Gasteiger partial charge is 0.331 e. The van der Waals surface area contributed by atoms with Gasteiger partial charge in [0, 0.05) is 12.1 Å². The maximum atomic E-state index is 13.8. The summed E-state index contributed by atoms with van der Waals surface area (Å²) in [4.78, 5) is 3.19. The lowest BCUT2D eigenvalue weighted by molar-refractivity contribution is 0.422. The first-order chi connectivity index (χ1) is 9.58. The topological polar surface area (TPSA) is 20.7 Å². The highest BCUT2D eigenvalue weighted by Crippen LogP contribution is 2.29. The van der Waals surface area contributed by atoms with Crippen molar-refractivity contribution in [3.63, 3.8) is 0 Å². The molecule has 0 aliphatic carbocycles.